The number of fused-ring (bicyclic) bond motifs is 1. The summed E-state index contributed by atoms with van der Waals surface area (Å²) in [5.41, 5.74) is 2.67. The first kappa shape index (κ1) is 20.3. The van der Waals surface area contributed by atoms with Gasteiger partial charge < -0.3 is 25.6 Å². The molecule has 0 amide bonds. The highest BCUT2D eigenvalue weighted by Gasteiger charge is 2.34. The fourth-order valence-corrected chi connectivity index (χ4v) is 5.24. The van der Waals surface area contributed by atoms with Crippen molar-refractivity contribution in [2.45, 2.75) is 4.43 Å². The van der Waals surface area contributed by atoms with Gasteiger partial charge in [-0.05, 0) is 17.7 Å². The molecule has 1 aromatic carbocycles. The largest absolute Gasteiger partial charge is 0.487 e. The first-order valence-electron chi connectivity index (χ1n) is 8.92. The molecule has 10 heteroatoms. The van der Waals surface area contributed by atoms with Crippen LogP contribution in [0.15, 0.2) is 23.4 Å². The van der Waals surface area contributed by atoms with Gasteiger partial charge in [0.1, 0.15) is 6.61 Å². The number of halogens is 1. The number of piperazine rings is 1. The SMILES string of the molecule is CN/C=C(\NC)S(=O)(=O)N1CCOc2c(N3CCNCC3)cc(CI)cc21. The molecule has 1 saturated heterocycles. The van der Waals surface area contributed by atoms with Crippen LogP contribution in [0.1, 0.15) is 5.56 Å². The summed E-state index contributed by atoms with van der Waals surface area (Å²) in [6.45, 7) is 4.15. The molecular weight excluding hydrogens is 481 g/mol. The van der Waals surface area contributed by atoms with Gasteiger partial charge in [-0.25, -0.2) is 0 Å². The predicted molar refractivity (Wildman–Crippen MR) is 117 cm³/mol. The smallest absolute Gasteiger partial charge is 0.281 e. The van der Waals surface area contributed by atoms with E-state index in [0.29, 0.717) is 18.0 Å². The average Bonchev–Trinajstić information content (AvgIpc) is 2.71. The quantitative estimate of drug-likeness (QED) is 0.388. The van der Waals surface area contributed by atoms with Crippen LogP contribution in [0.2, 0.25) is 0 Å². The number of nitrogens with one attached hydrogen (secondary N) is 3. The van der Waals surface area contributed by atoms with Gasteiger partial charge in [-0.1, -0.05) is 22.6 Å². The molecule has 0 aliphatic carbocycles. The lowest BCUT2D eigenvalue weighted by molar-refractivity contribution is 0.315. The van der Waals surface area contributed by atoms with E-state index >= 15 is 0 Å². The van der Waals surface area contributed by atoms with Crippen LogP contribution >= 0.6 is 22.6 Å². The lowest BCUT2D eigenvalue weighted by atomic mass is 10.1. The highest BCUT2D eigenvalue weighted by molar-refractivity contribution is 14.1. The van der Waals surface area contributed by atoms with Gasteiger partial charge in [0.2, 0.25) is 0 Å². The van der Waals surface area contributed by atoms with Crippen molar-refractivity contribution in [3.8, 4) is 5.75 Å². The normalized spacial score (nSPS) is 18.0. The predicted octanol–water partition coefficient (Wildman–Crippen LogP) is 0.798. The van der Waals surface area contributed by atoms with E-state index in [-0.39, 0.29) is 11.6 Å². The van der Waals surface area contributed by atoms with E-state index in [2.05, 4.69) is 49.5 Å². The van der Waals surface area contributed by atoms with Gasteiger partial charge in [0.15, 0.2) is 10.8 Å². The first-order valence-corrected chi connectivity index (χ1v) is 11.9. The second kappa shape index (κ2) is 8.74. The molecule has 3 rings (SSSR count). The molecule has 27 heavy (non-hydrogen) atoms. The summed E-state index contributed by atoms with van der Waals surface area (Å²) in [5.74, 6) is 0.653. The topological polar surface area (TPSA) is 85.9 Å². The number of nitrogens with zero attached hydrogens (tertiary/aromatic N) is 2. The molecule has 2 aliphatic rings. The molecule has 0 atom stereocenters. The van der Waals surface area contributed by atoms with Gasteiger partial charge in [-0.3, -0.25) is 4.31 Å². The summed E-state index contributed by atoms with van der Waals surface area (Å²) in [6.07, 6.45) is 1.46. The van der Waals surface area contributed by atoms with Crippen LogP contribution < -0.4 is 29.9 Å². The number of hydrogen-bond acceptors (Lipinski definition) is 7. The van der Waals surface area contributed by atoms with Crippen LogP contribution in [0.25, 0.3) is 0 Å². The van der Waals surface area contributed by atoms with E-state index in [9.17, 15) is 8.42 Å². The maximum Gasteiger partial charge on any atom is 0.281 e. The molecule has 2 heterocycles. The average molecular weight is 507 g/mol. The van der Waals surface area contributed by atoms with E-state index in [1.807, 2.05) is 6.07 Å². The zero-order chi connectivity index (χ0) is 19.4. The Bertz CT molecular complexity index is 809. The zero-order valence-corrected chi connectivity index (χ0v) is 18.6. The van der Waals surface area contributed by atoms with Crippen molar-refractivity contribution in [2.24, 2.45) is 0 Å². The molecule has 0 aromatic heterocycles. The molecule has 0 spiro atoms. The Balaban J connectivity index is 2.10. The second-order valence-electron chi connectivity index (χ2n) is 6.31. The van der Waals surface area contributed by atoms with Crippen molar-refractivity contribution in [2.75, 3.05) is 62.6 Å². The third-order valence-corrected chi connectivity index (χ3v) is 7.34. The molecular formula is C17H26IN5O3S. The molecule has 3 N–H and O–H groups in total. The van der Waals surface area contributed by atoms with Gasteiger partial charge in [-0.15, -0.1) is 0 Å². The van der Waals surface area contributed by atoms with Crippen molar-refractivity contribution in [3.63, 3.8) is 0 Å². The Morgan fingerprint density at radius 2 is 1.96 bits per heavy atom. The third kappa shape index (κ3) is 4.06. The van der Waals surface area contributed by atoms with Crippen LogP contribution in [0.5, 0.6) is 5.75 Å². The second-order valence-corrected chi connectivity index (χ2v) is 8.90. The molecule has 8 nitrogen and oxygen atoms in total. The Morgan fingerprint density at radius 3 is 2.59 bits per heavy atom. The van der Waals surface area contributed by atoms with Gasteiger partial charge in [0.25, 0.3) is 10.0 Å². The highest BCUT2D eigenvalue weighted by Crippen LogP contribution is 2.43. The third-order valence-electron chi connectivity index (χ3n) is 4.62. The summed E-state index contributed by atoms with van der Waals surface area (Å²) < 4.78 is 34.7. The fraction of sp³-hybridized carbons (Fsp3) is 0.529. The Labute approximate surface area is 174 Å². The summed E-state index contributed by atoms with van der Waals surface area (Å²) in [5, 5.41) is 9.06. The molecule has 1 aromatic rings. The fourth-order valence-electron chi connectivity index (χ4n) is 3.33. The zero-order valence-electron chi connectivity index (χ0n) is 15.6. The van der Waals surface area contributed by atoms with Crippen LogP contribution in [-0.4, -0.2) is 61.8 Å². The van der Waals surface area contributed by atoms with Gasteiger partial charge in [-0.2, -0.15) is 8.42 Å². The summed E-state index contributed by atoms with van der Waals surface area (Å²) in [7, 11) is -0.431. The van der Waals surface area contributed by atoms with Crippen LogP contribution in [0, 0.1) is 0 Å². The van der Waals surface area contributed by atoms with E-state index < -0.39 is 10.0 Å². The first-order chi connectivity index (χ1) is 13.0. The van der Waals surface area contributed by atoms with Crippen molar-refractivity contribution in [3.05, 3.63) is 28.9 Å². The minimum atomic E-state index is -3.71. The number of rotatable bonds is 6. The molecule has 1 fully saturated rings. The van der Waals surface area contributed by atoms with E-state index in [4.69, 9.17) is 4.74 Å². The Morgan fingerprint density at radius 1 is 1.26 bits per heavy atom. The minimum absolute atomic E-state index is 0.126. The number of sulfonamides is 1. The molecule has 150 valence electrons. The maximum atomic E-state index is 13.2. The van der Waals surface area contributed by atoms with Gasteiger partial charge in [0, 0.05) is 50.9 Å². The van der Waals surface area contributed by atoms with Crippen LogP contribution in [0.3, 0.4) is 0 Å². The molecule has 2 aliphatic heterocycles. The molecule has 0 radical (unpaired) electrons. The summed E-state index contributed by atoms with van der Waals surface area (Å²) >= 11 is 2.30. The van der Waals surface area contributed by atoms with E-state index in [0.717, 1.165) is 41.9 Å². The van der Waals surface area contributed by atoms with Crippen molar-refractivity contribution in [1.82, 2.24) is 16.0 Å². The monoisotopic (exact) mass is 507 g/mol. The molecule has 0 unspecified atom stereocenters. The van der Waals surface area contributed by atoms with E-state index in [1.165, 1.54) is 10.5 Å². The number of anilines is 2. The molecule has 0 bridgehead atoms. The standard InChI is InChI=1S/C17H26IN5O3S/c1-19-12-16(20-2)27(24,25)23-7-8-26-17-14(22-5-3-21-4-6-22)9-13(11-18)10-15(17)23/h9-10,12,19-21H,3-8,11H2,1-2H3/b16-12+. The number of benzene rings is 1. The summed E-state index contributed by atoms with van der Waals surface area (Å²) in [4.78, 5) is 2.27. The molecule has 0 saturated carbocycles. The Kier molecular flexibility index (Phi) is 6.58. The van der Waals surface area contributed by atoms with Gasteiger partial charge >= 0.3 is 0 Å². The lowest BCUT2D eigenvalue weighted by Gasteiger charge is -2.36. The maximum absolute atomic E-state index is 13.2. The van der Waals surface area contributed by atoms with Gasteiger partial charge in [0.05, 0.1) is 17.9 Å². The van der Waals surface area contributed by atoms with Crippen LogP contribution in [-0.2, 0) is 14.5 Å². The van der Waals surface area contributed by atoms with Crippen molar-refractivity contribution < 1.29 is 13.2 Å². The highest BCUT2D eigenvalue weighted by atomic mass is 127. The number of hydrogen-bond donors (Lipinski definition) is 3. The van der Waals surface area contributed by atoms with E-state index in [1.54, 1.807) is 14.1 Å². The minimum Gasteiger partial charge on any atom is -0.487 e. The number of alkyl halides is 1. The van der Waals surface area contributed by atoms with Crippen molar-refractivity contribution in [1.29, 1.82) is 0 Å². The van der Waals surface area contributed by atoms with Crippen molar-refractivity contribution >= 4 is 44.0 Å². The number of ether oxygens (including phenoxy) is 1. The Hall–Kier alpha value is -1.40. The summed E-state index contributed by atoms with van der Waals surface area (Å²) in [6, 6.07) is 4.05. The van der Waals surface area contributed by atoms with Crippen LogP contribution in [0.4, 0.5) is 11.4 Å². The lowest BCUT2D eigenvalue weighted by Crippen LogP contribution is -2.45.